The molecule has 1 heterocycles. The van der Waals surface area contributed by atoms with Gasteiger partial charge in [-0.05, 0) is 44.4 Å². The second kappa shape index (κ2) is 5.59. The molecular weight excluding hydrogens is 260 g/mol. The molecule has 0 atom stereocenters. The molecule has 2 amide bonds. The van der Waals surface area contributed by atoms with Crippen molar-refractivity contribution in [1.82, 2.24) is 9.80 Å². The van der Waals surface area contributed by atoms with Gasteiger partial charge in [0, 0.05) is 0 Å². The molecule has 0 saturated carbocycles. The van der Waals surface area contributed by atoms with Crippen LogP contribution in [0.15, 0.2) is 29.2 Å². The van der Waals surface area contributed by atoms with Gasteiger partial charge in [0.25, 0.3) is 11.1 Å². The number of thioether (sulfide) groups is 1. The number of amides is 2. The molecule has 1 aliphatic rings. The number of nitrogens with zero attached hydrogens (tertiary/aromatic N) is 2. The molecule has 100 valence electrons. The highest BCUT2D eigenvalue weighted by atomic mass is 32.2. The molecule has 2 rings (SSSR count). The summed E-state index contributed by atoms with van der Waals surface area (Å²) in [6, 6.07) is 7.84. The van der Waals surface area contributed by atoms with Crippen LogP contribution < -0.4 is 0 Å². The summed E-state index contributed by atoms with van der Waals surface area (Å²) in [6.07, 6.45) is 1.77. The monoisotopic (exact) mass is 276 g/mol. The summed E-state index contributed by atoms with van der Waals surface area (Å²) in [4.78, 5) is 27.5. The fourth-order valence-corrected chi connectivity index (χ4v) is 2.65. The molecule has 1 aromatic carbocycles. The molecule has 0 radical (unpaired) electrons. The van der Waals surface area contributed by atoms with Crippen LogP contribution in [0, 0.1) is 6.92 Å². The summed E-state index contributed by atoms with van der Waals surface area (Å²) in [5.41, 5.74) is 2.07. The van der Waals surface area contributed by atoms with E-state index in [-0.39, 0.29) is 11.1 Å². The Bertz CT molecular complexity index is 552. The van der Waals surface area contributed by atoms with E-state index < -0.39 is 0 Å². The molecular formula is C14H16N2O2S. The number of hydrogen-bond donors (Lipinski definition) is 0. The molecule has 1 saturated heterocycles. The maximum Gasteiger partial charge on any atom is 0.294 e. The molecule has 0 spiro atoms. The van der Waals surface area contributed by atoms with Gasteiger partial charge < -0.3 is 0 Å². The fraction of sp³-hybridized carbons (Fsp3) is 0.286. The topological polar surface area (TPSA) is 40.6 Å². The Hall–Kier alpha value is -1.59. The quantitative estimate of drug-likeness (QED) is 0.796. The van der Waals surface area contributed by atoms with E-state index in [1.807, 2.05) is 45.3 Å². The zero-order chi connectivity index (χ0) is 14.0. The second-order valence-electron chi connectivity index (χ2n) is 4.74. The van der Waals surface area contributed by atoms with Crippen molar-refractivity contribution < 1.29 is 9.59 Å². The van der Waals surface area contributed by atoms with E-state index in [0.29, 0.717) is 11.6 Å². The van der Waals surface area contributed by atoms with Gasteiger partial charge in [-0.3, -0.25) is 19.4 Å². The summed E-state index contributed by atoms with van der Waals surface area (Å²) in [7, 11) is 3.65. The lowest BCUT2D eigenvalue weighted by molar-refractivity contribution is -0.123. The second-order valence-corrected chi connectivity index (χ2v) is 5.74. The first kappa shape index (κ1) is 13.8. The number of benzene rings is 1. The molecule has 0 unspecified atom stereocenters. The third-order valence-electron chi connectivity index (χ3n) is 2.64. The number of aryl methyl sites for hydroxylation is 1. The van der Waals surface area contributed by atoms with Gasteiger partial charge in [0.2, 0.25) is 0 Å². The van der Waals surface area contributed by atoms with E-state index in [1.54, 1.807) is 11.0 Å². The smallest absolute Gasteiger partial charge is 0.292 e. The lowest BCUT2D eigenvalue weighted by Crippen LogP contribution is -2.36. The van der Waals surface area contributed by atoms with Crippen molar-refractivity contribution in [2.45, 2.75) is 6.92 Å². The average molecular weight is 276 g/mol. The van der Waals surface area contributed by atoms with Gasteiger partial charge in [0.05, 0.1) is 11.6 Å². The van der Waals surface area contributed by atoms with Gasteiger partial charge in [-0.2, -0.15) is 0 Å². The zero-order valence-electron chi connectivity index (χ0n) is 11.2. The number of imide groups is 1. The van der Waals surface area contributed by atoms with Crippen molar-refractivity contribution in [1.29, 1.82) is 0 Å². The Morgan fingerprint density at radius 2 is 2.05 bits per heavy atom. The van der Waals surface area contributed by atoms with Crippen molar-refractivity contribution in [2.24, 2.45) is 0 Å². The molecule has 1 aromatic rings. The molecule has 0 aliphatic carbocycles. The lowest BCUT2D eigenvalue weighted by Gasteiger charge is -2.17. The summed E-state index contributed by atoms with van der Waals surface area (Å²) < 4.78 is 0. The minimum Gasteiger partial charge on any atom is -0.292 e. The third-order valence-corrected chi connectivity index (χ3v) is 3.55. The van der Waals surface area contributed by atoms with Crippen LogP contribution in [0.2, 0.25) is 0 Å². The van der Waals surface area contributed by atoms with Crippen LogP contribution in [0.1, 0.15) is 11.1 Å². The maximum atomic E-state index is 12.1. The van der Waals surface area contributed by atoms with E-state index in [9.17, 15) is 9.59 Å². The summed E-state index contributed by atoms with van der Waals surface area (Å²) in [6.45, 7) is 2.31. The van der Waals surface area contributed by atoms with Crippen LogP contribution in [-0.2, 0) is 4.79 Å². The van der Waals surface area contributed by atoms with Gasteiger partial charge in [0.15, 0.2) is 0 Å². The van der Waals surface area contributed by atoms with Crippen molar-refractivity contribution >= 4 is 29.0 Å². The van der Waals surface area contributed by atoms with E-state index in [0.717, 1.165) is 22.9 Å². The van der Waals surface area contributed by atoms with Crippen molar-refractivity contribution in [3.63, 3.8) is 0 Å². The first-order valence-electron chi connectivity index (χ1n) is 5.94. The maximum absolute atomic E-state index is 12.1. The zero-order valence-corrected chi connectivity index (χ0v) is 12.0. The Morgan fingerprint density at radius 1 is 1.32 bits per heavy atom. The summed E-state index contributed by atoms with van der Waals surface area (Å²) in [5.74, 6) is -0.217. The van der Waals surface area contributed by atoms with Gasteiger partial charge in [-0.1, -0.05) is 29.8 Å². The number of carbonyl (C=O) groups is 2. The van der Waals surface area contributed by atoms with Crippen molar-refractivity contribution in [3.05, 3.63) is 40.3 Å². The van der Waals surface area contributed by atoms with E-state index in [1.165, 1.54) is 4.90 Å². The Kier molecular flexibility index (Phi) is 4.07. The van der Waals surface area contributed by atoms with E-state index in [4.69, 9.17) is 0 Å². The lowest BCUT2D eigenvalue weighted by atomic mass is 10.1. The van der Waals surface area contributed by atoms with E-state index in [2.05, 4.69) is 0 Å². The molecule has 5 heteroatoms. The third kappa shape index (κ3) is 3.24. The fourth-order valence-electron chi connectivity index (χ4n) is 1.82. The first-order chi connectivity index (χ1) is 8.97. The molecule has 1 aliphatic heterocycles. The highest BCUT2D eigenvalue weighted by Crippen LogP contribution is 2.32. The number of rotatable bonds is 3. The highest BCUT2D eigenvalue weighted by Gasteiger charge is 2.35. The Labute approximate surface area is 117 Å². The van der Waals surface area contributed by atoms with Crippen LogP contribution in [0.4, 0.5) is 4.79 Å². The summed E-state index contributed by atoms with van der Waals surface area (Å²) in [5, 5.41) is -0.211. The Morgan fingerprint density at radius 3 is 2.68 bits per heavy atom. The van der Waals surface area contributed by atoms with Crippen LogP contribution in [0.25, 0.3) is 6.08 Å². The molecule has 1 fully saturated rings. The van der Waals surface area contributed by atoms with Gasteiger partial charge >= 0.3 is 0 Å². The predicted octanol–water partition coefficient (Wildman–Crippen LogP) is 2.55. The predicted molar refractivity (Wildman–Crippen MR) is 77.5 cm³/mol. The van der Waals surface area contributed by atoms with Crippen LogP contribution in [0.5, 0.6) is 0 Å². The largest absolute Gasteiger partial charge is 0.294 e. The van der Waals surface area contributed by atoms with Gasteiger partial charge in [-0.25, -0.2) is 0 Å². The first-order valence-corrected chi connectivity index (χ1v) is 6.76. The van der Waals surface area contributed by atoms with Gasteiger partial charge in [0.1, 0.15) is 0 Å². The van der Waals surface area contributed by atoms with E-state index >= 15 is 0 Å². The normalized spacial score (nSPS) is 17.9. The van der Waals surface area contributed by atoms with Gasteiger partial charge in [-0.15, -0.1) is 0 Å². The number of carbonyl (C=O) groups excluding carboxylic acids is 2. The molecule has 0 aromatic heterocycles. The van der Waals surface area contributed by atoms with Crippen molar-refractivity contribution in [2.75, 3.05) is 20.8 Å². The molecule has 0 bridgehead atoms. The Balaban J connectivity index is 2.23. The minimum absolute atomic E-state index is 0.211. The molecule has 4 nitrogen and oxygen atoms in total. The molecule has 0 N–H and O–H groups in total. The average Bonchev–Trinajstić information content (AvgIpc) is 2.57. The highest BCUT2D eigenvalue weighted by molar-refractivity contribution is 8.18. The minimum atomic E-state index is -0.217. The molecule has 19 heavy (non-hydrogen) atoms. The van der Waals surface area contributed by atoms with Crippen molar-refractivity contribution in [3.8, 4) is 0 Å². The van der Waals surface area contributed by atoms with Crippen LogP contribution in [0.3, 0.4) is 0 Å². The number of hydrogen-bond acceptors (Lipinski definition) is 4. The van der Waals surface area contributed by atoms with Crippen LogP contribution >= 0.6 is 11.8 Å². The SMILES string of the molecule is Cc1cccc(/C=C2\SC(=O)N(CN(C)C)C2=O)c1. The standard InChI is InChI=1S/C14H16N2O2S/c1-10-5-4-6-11(7-10)8-12-13(17)16(9-15(2)3)14(18)19-12/h4-8H,9H2,1-3H3/b12-8-. The summed E-state index contributed by atoms with van der Waals surface area (Å²) >= 11 is 0.996. The van der Waals surface area contributed by atoms with Crippen LogP contribution in [-0.4, -0.2) is 41.7 Å².